The van der Waals surface area contributed by atoms with Crippen molar-refractivity contribution < 1.29 is 0 Å². The zero-order valence-electron chi connectivity index (χ0n) is 10.9. The normalized spacial score (nSPS) is 12.9. The smallest absolute Gasteiger partial charge is 0.0731 e. The van der Waals surface area contributed by atoms with Gasteiger partial charge in [-0.05, 0) is 60.4 Å². The second kappa shape index (κ2) is 5.99. The van der Waals surface area contributed by atoms with Gasteiger partial charge >= 0.3 is 0 Å². The summed E-state index contributed by atoms with van der Waals surface area (Å²) in [4.78, 5) is 1.37. The average Bonchev–Trinajstić information content (AvgIpc) is 2.94. The second-order valence-corrected chi connectivity index (χ2v) is 6.76. The summed E-state index contributed by atoms with van der Waals surface area (Å²) in [6.07, 6.45) is 5.06. The first-order chi connectivity index (χ1) is 8.63. The van der Waals surface area contributed by atoms with Crippen LogP contribution in [0.2, 0.25) is 0 Å². The molecule has 1 N–H and O–H groups in total. The van der Waals surface area contributed by atoms with Crippen LogP contribution in [-0.2, 0) is 13.0 Å². The number of thiophene rings is 1. The van der Waals surface area contributed by atoms with Crippen LogP contribution in [0.25, 0.3) is 0 Å². The number of rotatable bonds is 5. The highest BCUT2D eigenvalue weighted by atomic mass is 79.9. The Bertz CT molecular complexity index is 499. The van der Waals surface area contributed by atoms with E-state index in [1.54, 1.807) is 11.3 Å². The predicted molar refractivity (Wildman–Crippen MR) is 80.2 cm³/mol. The van der Waals surface area contributed by atoms with E-state index >= 15 is 0 Å². The third kappa shape index (κ3) is 3.02. The van der Waals surface area contributed by atoms with E-state index in [2.05, 4.69) is 52.5 Å². The zero-order valence-corrected chi connectivity index (χ0v) is 13.3. The van der Waals surface area contributed by atoms with E-state index in [0.717, 1.165) is 13.0 Å². The number of nitrogens with one attached hydrogen (secondary N) is 1. The summed E-state index contributed by atoms with van der Waals surface area (Å²) in [6, 6.07) is 2.61. The second-order valence-electron chi connectivity index (χ2n) is 4.36. The Morgan fingerprint density at radius 1 is 1.56 bits per heavy atom. The number of hydrogen-bond acceptors (Lipinski definition) is 3. The Labute approximate surface area is 120 Å². The number of halogens is 1. The molecule has 2 aromatic rings. The van der Waals surface area contributed by atoms with Gasteiger partial charge in [-0.2, -0.15) is 5.10 Å². The van der Waals surface area contributed by atoms with Gasteiger partial charge in [-0.1, -0.05) is 0 Å². The Kier molecular flexibility index (Phi) is 4.59. The molecule has 0 aliphatic rings. The maximum absolute atomic E-state index is 4.32. The summed E-state index contributed by atoms with van der Waals surface area (Å²) >= 11 is 5.39. The van der Waals surface area contributed by atoms with Crippen molar-refractivity contribution in [2.75, 3.05) is 7.05 Å². The SMILES string of the molecule is CCn1cc(CC(NC)c2cc(C)c(Br)s2)cn1. The number of hydrogen-bond donors (Lipinski definition) is 1. The minimum Gasteiger partial charge on any atom is -0.312 e. The first-order valence-electron chi connectivity index (χ1n) is 6.08. The lowest BCUT2D eigenvalue weighted by Gasteiger charge is -2.13. The van der Waals surface area contributed by atoms with Crippen molar-refractivity contribution in [2.45, 2.75) is 32.9 Å². The van der Waals surface area contributed by atoms with Gasteiger partial charge in [0.05, 0.1) is 9.98 Å². The van der Waals surface area contributed by atoms with E-state index in [-0.39, 0.29) is 0 Å². The number of aromatic nitrogens is 2. The quantitative estimate of drug-likeness (QED) is 0.910. The monoisotopic (exact) mass is 327 g/mol. The summed E-state index contributed by atoms with van der Waals surface area (Å²) in [5.74, 6) is 0. The fourth-order valence-electron chi connectivity index (χ4n) is 1.92. The molecule has 98 valence electrons. The molecule has 2 aromatic heterocycles. The molecule has 1 unspecified atom stereocenters. The van der Waals surface area contributed by atoms with E-state index in [1.165, 1.54) is 19.8 Å². The van der Waals surface area contributed by atoms with Gasteiger partial charge in [-0.15, -0.1) is 11.3 Å². The maximum Gasteiger partial charge on any atom is 0.0731 e. The molecule has 0 aromatic carbocycles. The molecule has 0 spiro atoms. The standard InChI is InChI=1S/C13H18BrN3S/c1-4-17-8-10(7-16-17)6-11(15-3)12-5-9(2)13(14)18-12/h5,7-8,11,15H,4,6H2,1-3H3. The Hall–Kier alpha value is -0.650. The van der Waals surface area contributed by atoms with E-state index in [4.69, 9.17) is 0 Å². The Balaban J connectivity index is 2.14. The van der Waals surface area contributed by atoms with Crippen molar-refractivity contribution in [2.24, 2.45) is 0 Å². The minimum atomic E-state index is 0.356. The molecule has 0 saturated heterocycles. The van der Waals surface area contributed by atoms with E-state index in [9.17, 15) is 0 Å². The lowest BCUT2D eigenvalue weighted by atomic mass is 10.1. The van der Waals surface area contributed by atoms with Crippen LogP contribution in [0.3, 0.4) is 0 Å². The largest absolute Gasteiger partial charge is 0.312 e. The molecule has 18 heavy (non-hydrogen) atoms. The highest BCUT2D eigenvalue weighted by Crippen LogP contribution is 2.32. The van der Waals surface area contributed by atoms with Crippen molar-refractivity contribution >= 4 is 27.3 Å². The molecule has 0 radical (unpaired) electrons. The van der Waals surface area contributed by atoms with Gasteiger partial charge < -0.3 is 5.32 Å². The third-order valence-corrected chi connectivity index (χ3v) is 5.27. The van der Waals surface area contributed by atoms with Crippen molar-refractivity contribution in [3.8, 4) is 0 Å². The van der Waals surface area contributed by atoms with Crippen molar-refractivity contribution in [3.05, 3.63) is 38.3 Å². The molecule has 3 nitrogen and oxygen atoms in total. The molecule has 0 fully saturated rings. The van der Waals surface area contributed by atoms with Gasteiger partial charge in [-0.25, -0.2) is 0 Å². The first-order valence-corrected chi connectivity index (χ1v) is 7.69. The van der Waals surface area contributed by atoms with Crippen LogP contribution in [0.15, 0.2) is 22.2 Å². The minimum absolute atomic E-state index is 0.356. The number of nitrogens with zero attached hydrogens (tertiary/aromatic N) is 2. The van der Waals surface area contributed by atoms with Crippen molar-refractivity contribution in [1.29, 1.82) is 0 Å². The highest BCUT2D eigenvalue weighted by Gasteiger charge is 2.15. The van der Waals surface area contributed by atoms with Crippen LogP contribution in [0.4, 0.5) is 0 Å². The van der Waals surface area contributed by atoms with E-state index < -0.39 is 0 Å². The summed E-state index contributed by atoms with van der Waals surface area (Å²) in [7, 11) is 2.01. The molecule has 2 rings (SSSR count). The summed E-state index contributed by atoms with van der Waals surface area (Å²) in [5.41, 5.74) is 2.58. The number of aryl methyl sites for hydroxylation is 2. The van der Waals surface area contributed by atoms with Crippen LogP contribution in [0.5, 0.6) is 0 Å². The molecule has 1 atom stereocenters. The van der Waals surface area contributed by atoms with Gasteiger partial charge in [0, 0.05) is 23.7 Å². The van der Waals surface area contributed by atoms with E-state index in [0.29, 0.717) is 6.04 Å². The molecular formula is C13H18BrN3S. The van der Waals surface area contributed by atoms with Gasteiger partial charge in [0.2, 0.25) is 0 Å². The van der Waals surface area contributed by atoms with Crippen LogP contribution in [-0.4, -0.2) is 16.8 Å². The molecule has 0 bridgehead atoms. The Morgan fingerprint density at radius 2 is 2.33 bits per heavy atom. The first kappa shape index (κ1) is 13.8. The van der Waals surface area contributed by atoms with E-state index in [1.807, 2.05) is 17.9 Å². The van der Waals surface area contributed by atoms with Crippen LogP contribution < -0.4 is 5.32 Å². The van der Waals surface area contributed by atoms with Crippen molar-refractivity contribution in [1.82, 2.24) is 15.1 Å². The van der Waals surface area contributed by atoms with Gasteiger partial charge in [-0.3, -0.25) is 4.68 Å². The van der Waals surface area contributed by atoms with Crippen LogP contribution >= 0.6 is 27.3 Å². The predicted octanol–water partition coefficient (Wildman–Crippen LogP) is 3.54. The fourth-order valence-corrected chi connectivity index (χ4v) is 3.60. The maximum atomic E-state index is 4.32. The lowest BCUT2D eigenvalue weighted by molar-refractivity contribution is 0.600. The summed E-state index contributed by atoms with van der Waals surface area (Å²) in [5, 5.41) is 7.71. The molecule has 0 saturated carbocycles. The zero-order chi connectivity index (χ0) is 13.1. The van der Waals surface area contributed by atoms with Gasteiger partial charge in [0.15, 0.2) is 0 Å². The van der Waals surface area contributed by atoms with Crippen LogP contribution in [0.1, 0.15) is 29.0 Å². The number of likely N-dealkylation sites (N-methyl/N-ethyl adjacent to an activating group) is 1. The Morgan fingerprint density at radius 3 is 2.83 bits per heavy atom. The van der Waals surface area contributed by atoms with Crippen LogP contribution in [0, 0.1) is 6.92 Å². The third-order valence-electron chi connectivity index (χ3n) is 3.02. The van der Waals surface area contributed by atoms with Gasteiger partial charge in [0.1, 0.15) is 0 Å². The molecule has 0 aliphatic carbocycles. The topological polar surface area (TPSA) is 29.9 Å². The molecule has 5 heteroatoms. The molecule has 0 amide bonds. The lowest BCUT2D eigenvalue weighted by Crippen LogP contribution is -2.17. The fraction of sp³-hybridized carbons (Fsp3) is 0.462. The highest BCUT2D eigenvalue weighted by molar-refractivity contribution is 9.11. The summed E-state index contributed by atoms with van der Waals surface area (Å²) < 4.78 is 3.19. The average molecular weight is 328 g/mol. The molecule has 2 heterocycles. The van der Waals surface area contributed by atoms with Gasteiger partial charge in [0.25, 0.3) is 0 Å². The van der Waals surface area contributed by atoms with Crippen molar-refractivity contribution in [3.63, 3.8) is 0 Å². The molecule has 0 aliphatic heterocycles. The molecular weight excluding hydrogens is 310 g/mol. The summed E-state index contributed by atoms with van der Waals surface area (Å²) in [6.45, 7) is 5.16.